The number of carbonyl (C=O) groups is 3. The summed E-state index contributed by atoms with van der Waals surface area (Å²) in [5.74, 6) is 2.30. The smallest absolute Gasteiger partial charge is 0.136 e. The summed E-state index contributed by atoms with van der Waals surface area (Å²) in [5, 5.41) is 11.5. The molecular formula is C25H38O4. The van der Waals surface area contributed by atoms with E-state index in [9.17, 15) is 19.5 Å². The minimum Gasteiger partial charge on any atom is -0.393 e. The summed E-state index contributed by atoms with van der Waals surface area (Å²) in [4.78, 5) is 36.9. The summed E-state index contributed by atoms with van der Waals surface area (Å²) in [7, 11) is 0. The molecule has 9 unspecified atom stereocenters. The molecule has 0 aliphatic heterocycles. The van der Waals surface area contributed by atoms with Crippen LogP contribution in [-0.4, -0.2) is 28.6 Å². The number of Topliss-reactive ketones (excluding diaryl/α,β-unsaturated/α-hetero) is 3. The summed E-state index contributed by atoms with van der Waals surface area (Å²) in [5.41, 5.74) is -0.228. The molecule has 4 rings (SSSR count). The van der Waals surface area contributed by atoms with E-state index in [0.29, 0.717) is 55.5 Å². The highest BCUT2D eigenvalue weighted by Gasteiger charge is 2.65. The van der Waals surface area contributed by atoms with Crippen molar-refractivity contribution in [3.05, 3.63) is 0 Å². The zero-order chi connectivity index (χ0) is 21.1. The van der Waals surface area contributed by atoms with Crippen molar-refractivity contribution in [3.8, 4) is 0 Å². The van der Waals surface area contributed by atoms with E-state index in [0.717, 1.165) is 25.7 Å². The van der Waals surface area contributed by atoms with E-state index in [1.807, 2.05) is 0 Å². The molecule has 0 spiro atoms. The Morgan fingerprint density at radius 1 is 1.17 bits per heavy atom. The van der Waals surface area contributed by atoms with Crippen LogP contribution in [0.3, 0.4) is 0 Å². The van der Waals surface area contributed by atoms with Crippen LogP contribution in [0.25, 0.3) is 0 Å². The SMILES string of the molecule is CC(=O)CCC(C)C1CCC2C3C(=O)CC4CC(=O)CCC4(C)C3CC(O)C12C. The van der Waals surface area contributed by atoms with Gasteiger partial charge in [-0.3, -0.25) is 9.59 Å². The molecule has 4 aliphatic rings. The van der Waals surface area contributed by atoms with E-state index in [1.54, 1.807) is 6.92 Å². The van der Waals surface area contributed by atoms with Crippen molar-refractivity contribution in [1.82, 2.24) is 0 Å². The van der Waals surface area contributed by atoms with Crippen molar-refractivity contribution in [2.24, 2.45) is 46.3 Å². The number of hydrogen-bond acceptors (Lipinski definition) is 4. The predicted molar refractivity (Wildman–Crippen MR) is 111 cm³/mol. The van der Waals surface area contributed by atoms with Gasteiger partial charge in [-0.05, 0) is 74.0 Å². The number of hydrogen-bond donors (Lipinski definition) is 1. The molecule has 29 heavy (non-hydrogen) atoms. The maximum absolute atomic E-state index is 13.4. The summed E-state index contributed by atoms with van der Waals surface area (Å²) in [6.07, 6.45) is 6.44. The molecule has 1 N–H and O–H groups in total. The maximum atomic E-state index is 13.4. The number of aliphatic hydroxyl groups is 1. The predicted octanol–water partition coefficient (Wildman–Crippen LogP) is 4.37. The highest BCUT2D eigenvalue weighted by atomic mass is 16.3. The van der Waals surface area contributed by atoms with Crippen LogP contribution in [0.15, 0.2) is 0 Å². The van der Waals surface area contributed by atoms with Gasteiger partial charge in [0, 0.05) is 37.0 Å². The van der Waals surface area contributed by atoms with Crippen molar-refractivity contribution in [2.75, 3.05) is 0 Å². The second-order valence-electron chi connectivity index (χ2n) is 11.4. The lowest BCUT2D eigenvalue weighted by Crippen LogP contribution is -2.61. The van der Waals surface area contributed by atoms with Crippen molar-refractivity contribution in [1.29, 1.82) is 0 Å². The number of ketones is 3. The quantitative estimate of drug-likeness (QED) is 0.758. The number of fused-ring (bicyclic) bond motifs is 5. The molecule has 0 aromatic rings. The Hall–Kier alpha value is -1.03. The number of carbonyl (C=O) groups excluding carboxylic acids is 3. The normalized spacial score (nSPS) is 47.9. The summed E-state index contributed by atoms with van der Waals surface area (Å²) < 4.78 is 0. The van der Waals surface area contributed by atoms with Crippen LogP contribution in [-0.2, 0) is 14.4 Å². The monoisotopic (exact) mass is 402 g/mol. The Labute approximate surface area is 175 Å². The van der Waals surface area contributed by atoms with Gasteiger partial charge in [-0.1, -0.05) is 20.8 Å². The van der Waals surface area contributed by atoms with Gasteiger partial charge in [-0.2, -0.15) is 0 Å². The van der Waals surface area contributed by atoms with Crippen LogP contribution in [0.1, 0.15) is 85.5 Å². The Morgan fingerprint density at radius 3 is 2.59 bits per heavy atom. The van der Waals surface area contributed by atoms with E-state index < -0.39 is 6.10 Å². The fourth-order valence-electron chi connectivity index (χ4n) is 8.29. The van der Waals surface area contributed by atoms with Crippen LogP contribution in [0.2, 0.25) is 0 Å². The van der Waals surface area contributed by atoms with E-state index in [2.05, 4.69) is 20.8 Å². The second kappa shape index (κ2) is 7.28. The third-order valence-corrected chi connectivity index (χ3v) is 10.1. The average Bonchev–Trinajstić information content (AvgIpc) is 3.01. The first-order valence-corrected chi connectivity index (χ1v) is 11.8. The molecule has 162 valence electrons. The van der Waals surface area contributed by atoms with Gasteiger partial charge in [-0.15, -0.1) is 0 Å². The summed E-state index contributed by atoms with van der Waals surface area (Å²) in [6, 6.07) is 0. The molecule has 4 nitrogen and oxygen atoms in total. The molecular weight excluding hydrogens is 364 g/mol. The molecule has 0 radical (unpaired) electrons. The lowest BCUT2D eigenvalue weighted by atomic mass is 9.43. The fraction of sp³-hybridized carbons (Fsp3) is 0.880. The molecule has 4 heteroatoms. The van der Waals surface area contributed by atoms with Gasteiger partial charge in [0.15, 0.2) is 0 Å². The molecule has 0 amide bonds. The van der Waals surface area contributed by atoms with Gasteiger partial charge < -0.3 is 9.90 Å². The van der Waals surface area contributed by atoms with Crippen molar-refractivity contribution >= 4 is 17.3 Å². The average molecular weight is 403 g/mol. The summed E-state index contributed by atoms with van der Waals surface area (Å²) >= 11 is 0. The molecule has 4 saturated carbocycles. The minimum atomic E-state index is -0.401. The molecule has 0 heterocycles. The van der Waals surface area contributed by atoms with Gasteiger partial charge in [0.25, 0.3) is 0 Å². The number of aliphatic hydroxyl groups excluding tert-OH is 1. The van der Waals surface area contributed by atoms with E-state index in [-0.39, 0.29) is 40.3 Å². The van der Waals surface area contributed by atoms with Crippen LogP contribution in [0.4, 0.5) is 0 Å². The maximum Gasteiger partial charge on any atom is 0.136 e. The topological polar surface area (TPSA) is 71.4 Å². The Kier molecular flexibility index (Phi) is 5.33. The molecule has 0 saturated heterocycles. The Balaban J connectivity index is 1.62. The van der Waals surface area contributed by atoms with Crippen molar-refractivity contribution in [3.63, 3.8) is 0 Å². The highest BCUT2D eigenvalue weighted by Crippen LogP contribution is 2.67. The summed E-state index contributed by atoms with van der Waals surface area (Å²) in [6.45, 7) is 8.41. The van der Waals surface area contributed by atoms with Gasteiger partial charge in [0.1, 0.15) is 17.3 Å². The van der Waals surface area contributed by atoms with Crippen molar-refractivity contribution < 1.29 is 19.5 Å². The minimum absolute atomic E-state index is 0.00707. The Bertz CT molecular complexity index is 714. The first-order valence-electron chi connectivity index (χ1n) is 11.8. The number of rotatable bonds is 4. The molecule has 0 aromatic carbocycles. The molecule has 9 atom stereocenters. The Morgan fingerprint density at radius 2 is 1.90 bits per heavy atom. The van der Waals surface area contributed by atoms with Crippen molar-refractivity contribution in [2.45, 2.75) is 91.6 Å². The lowest BCUT2D eigenvalue weighted by Gasteiger charge is -2.61. The van der Waals surface area contributed by atoms with E-state index in [4.69, 9.17) is 0 Å². The molecule has 0 aromatic heterocycles. The molecule has 4 aliphatic carbocycles. The van der Waals surface area contributed by atoms with Gasteiger partial charge >= 0.3 is 0 Å². The largest absolute Gasteiger partial charge is 0.393 e. The fourth-order valence-corrected chi connectivity index (χ4v) is 8.29. The van der Waals surface area contributed by atoms with Gasteiger partial charge in [0.05, 0.1) is 6.10 Å². The van der Waals surface area contributed by atoms with Crippen LogP contribution >= 0.6 is 0 Å². The zero-order valence-electron chi connectivity index (χ0n) is 18.6. The van der Waals surface area contributed by atoms with Crippen LogP contribution in [0.5, 0.6) is 0 Å². The van der Waals surface area contributed by atoms with Crippen LogP contribution in [0, 0.1) is 46.3 Å². The first-order chi connectivity index (χ1) is 13.6. The van der Waals surface area contributed by atoms with Gasteiger partial charge in [0.2, 0.25) is 0 Å². The highest BCUT2D eigenvalue weighted by molar-refractivity contribution is 5.86. The van der Waals surface area contributed by atoms with E-state index in [1.165, 1.54) is 0 Å². The third kappa shape index (κ3) is 3.16. The first kappa shape index (κ1) is 21.2. The lowest BCUT2D eigenvalue weighted by molar-refractivity contribution is -0.178. The zero-order valence-corrected chi connectivity index (χ0v) is 18.6. The third-order valence-electron chi connectivity index (χ3n) is 10.1. The molecule has 0 bridgehead atoms. The van der Waals surface area contributed by atoms with Crippen LogP contribution < -0.4 is 0 Å². The van der Waals surface area contributed by atoms with E-state index >= 15 is 0 Å². The second-order valence-corrected chi connectivity index (χ2v) is 11.4. The molecule has 4 fully saturated rings. The van der Waals surface area contributed by atoms with Gasteiger partial charge in [-0.25, -0.2) is 0 Å². The standard InChI is InChI=1S/C25H38O4/c1-14(5-6-15(2)26)18-7-8-19-23-20(13-22(29)25(18,19)4)24(3)10-9-17(27)11-16(24)12-21(23)28/h14,16,18-20,22-23,29H,5-13H2,1-4H3.